The summed E-state index contributed by atoms with van der Waals surface area (Å²) in [5, 5.41) is 0. The van der Waals surface area contributed by atoms with Gasteiger partial charge in [-0.05, 0) is 37.8 Å². The summed E-state index contributed by atoms with van der Waals surface area (Å²) in [5.41, 5.74) is 1.77. The molecule has 0 aliphatic heterocycles. The first-order valence-electron chi connectivity index (χ1n) is 10.9. The van der Waals surface area contributed by atoms with E-state index < -0.39 is 0 Å². The molecule has 1 aromatic rings. The standard InChI is InChI=1S/C24H40O2/c1-4-6-8-10-11-13-17-22(16-12-9-7-5-2)20-26-24(25)23-18-14-15-21(3)19-23/h14-15,18-19,22H,4-13,16-17,20H2,1-3H3. The minimum absolute atomic E-state index is 0.171. The lowest BCUT2D eigenvalue weighted by Crippen LogP contribution is -2.15. The first-order chi connectivity index (χ1) is 12.7. The Labute approximate surface area is 161 Å². The van der Waals surface area contributed by atoms with Crippen molar-refractivity contribution in [3.63, 3.8) is 0 Å². The summed E-state index contributed by atoms with van der Waals surface area (Å²) in [5.74, 6) is 0.349. The highest BCUT2D eigenvalue weighted by Gasteiger charge is 2.13. The lowest BCUT2D eigenvalue weighted by molar-refractivity contribution is 0.0422. The van der Waals surface area contributed by atoms with Crippen molar-refractivity contribution in [2.24, 2.45) is 5.92 Å². The number of hydrogen-bond acceptors (Lipinski definition) is 2. The SMILES string of the molecule is CCCCCCCCC(CCCCCC)COC(=O)c1cccc(C)c1. The number of ether oxygens (including phenoxy) is 1. The molecule has 1 rings (SSSR count). The van der Waals surface area contributed by atoms with Crippen LogP contribution in [0.5, 0.6) is 0 Å². The highest BCUT2D eigenvalue weighted by Crippen LogP contribution is 2.20. The molecule has 0 aliphatic carbocycles. The minimum Gasteiger partial charge on any atom is -0.462 e. The predicted octanol–water partition coefficient (Wildman–Crippen LogP) is 7.49. The van der Waals surface area contributed by atoms with E-state index in [4.69, 9.17) is 4.74 Å². The Kier molecular flexibility index (Phi) is 13.0. The van der Waals surface area contributed by atoms with E-state index in [1.807, 2.05) is 31.2 Å². The van der Waals surface area contributed by atoms with Gasteiger partial charge in [-0.25, -0.2) is 4.79 Å². The van der Waals surface area contributed by atoms with Crippen molar-refractivity contribution < 1.29 is 9.53 Å². The van der Waals surface area contributed by atoms with Gasteiger partial charge in [0.2, 0.25) is 0 Å². The van der Waals surface area contributed by atoms with Gasteiger partial charge in [0, 0.05) is 0 Å². The van der Waals surface area contributed by atoms with Crippen molar-refractivity contribution in [1.82, 2.24) is 0 Å². The van der Waals surface area contributed by atoms with Crippen LogP contribution in [0.2, 0.25) is 0 Å². The fourth-order valence-corrected chi connectivity index (χ4v) is 3.43. The van der Waals surface area contributed by atoms with Crippen molar-refractivity contribution in [2.45, 2.75) is 97.8 Å². The summed E-state index contributed by atoms with van der Waals surface area (Å²) in [7, 11) is 0. The maximum Gasteiger partial charge on any atom is 0.338 e. The Balaban J connectivity index is 2.37. The van der Waals surface area contributed by atoms with Gasteiger partial charge < -0.3 is 4.74 Å². The maximum atomic E-state index is 12.3. The molecule has 0 amide bonds. The van der Waals surface area contributed by atoms with Crippen LogP contribution in [0.15, 0.2) is 24.3 Å². The van der Waals surface area contributed by atoms with Crippen LogP contribution in [0.3, 0.4) is 0 Å². The summed E-state index contributed by atoms with van der Waals surface area (Å²) < 4.78 is 5.66. The molecule has 2 nitrogen and oxygen atoms in total. The maximum absolute atomic E-state index is 12.3. The van der Waals surface area contributed by atoms with Crippen LogP contribution in [-0.4, -0.2) is 12.6 Å². The number of aryl methyl sites for hydroxylation is 1. The Morgan fingerprint density at radius 2 is 1.46 bits per heavy atom. The van der Waals surface area contributed by atoms with Crippen molar-refractivity contribution in [3.8, 4) is 0 Å². The minimum atomic E-state index is -0.171. The third-order valence-electron chi connectivity index (χ3n) is 5.14. The average Bonchev–Trinajstić information content (AvgIpc) is 2.65. The Morgan fingerprint density at radius 3 is 2.08 bits per heavy atom. The molecule has 1 unspecified atom stereocenters. The third-order valence-corrected chi connectivity index (χ3v) is 5.14. The fourth-order valence-electron chi connectivity index (χ4n) is 3.43. The molecule has 0 spiro atoms. The number of benzene rings is 1. The van der Waals surface area contributed by atoms with Gasteiger partial charge in [-0.1, -0.05) is 95.8 Å². The molecule has 0 bridgehead atoms. The van der Waals surface area contributed by atoms with Gasteiger partial charge in [0.05, 0.1) is 12.2 Å². The second-order valence-electron chi connectivity index (χ2n) is 7.74. The molecule has 1 atom stereocenters. The number of esters is 1. The predicted molar refractivity (Wildman–Crippen MR) is 112 cm³/mol. The van der Waals surface area contributed by atoms with Gasteiger partial charge >= 0.3 is 5.97 Å². The number of hydrogen-bond donors (Lipinski definition) is 0. The van der Waals surface area contributed by atoms with E-state index in [1.165, 1.54) is 77.0 Å². The zero-order valence-corrected chi connectivity index (χ0v) is 17.4. The summed E-state index contributed by atoms with van der Waals surface area (Å²) in [6.07, 6.45) is 15.5. The number of unbranched alkanes of at least 4 members (excludes halogenated alkanes) is 8. The van der Waals surface area contributed by atoms with Crippen LogP contribution >= 0.6 is 0 Å². The molecule has 148 valence electrons. The number of carbonyl (C=O) groups is 1. The van der Waals surface area contributed by atoms with E-state index in [0.717, 1.165) is 5.56 Å². The summed E-state index contributed by atoms with van der Waals surface area (Å²) in [6.45, 7) is 7.09. The smallest absolute Gasteiger partial charge is 0.338 e. The van der Waals surface area contributed by atoms with Crippen LogP contribution in [-0.2, 0) is 4.74 Å². The lowest BCUT2D eigenvalue weighted by atomic mass is 9.95. The van der Waals surface area contributed by atoms with Crippen LogP contribution in [0.1, 0.15) is 107 Å². The first kappa shape index (κ1) is 22.7. The topological polar surface area (TPSA) is 26.3 Å². The highest BCUT2D eigenvalue weighted by atomic mass is 16.5. The van der Waals surface area contributed by atoms with Gasteiger partial charge in [-0.3, -0.25) is 0 Å². The second kappa shape index (κ2) is 14.8. The van der Waals surface area contributed by atoms with Crippen LogP contribution in [0, 0.1) is 12.8 Å². The molecule has 0 heterocycles. The summed E-state index contributed by atoms with van der Waals surface area (Å²) in [4.78, 5) is 12.3. The molecule has 0 fully saturated rings. The molecule has 26 heavy (non-hydrogen) atoms. The molecule has 0 saturated carbocycles. The monoisotopic (exact) mass is 360 g/mol. The second-order valence-corrected chi connectivity index (χ2v) is 7.74. The van der Waals surface area contributed by atoms with E-state index >= 15 is 0 Å². The van der Waals surface area contributed by atoms with Gasteiger partial charge in [-0.15, -0.1) is 0 Å². The molecule has 0 N–H and O–H groups in total. The van der Waals surface area contributed by atoms with E-state index in [-0.39, 0.29) is 5.97 Å². The number of carbonyl (C=O) groups excluding carboxylic acids is 1. The molecule has 2 heteroatoms. The van der Waals surface area contributed by atoms with Gasteiger partial charge in [0.15, 0.2) is 0 Å². The Morgan fingerprint density at radius 1 is 0.885 bits per heavy atom. The average molecular weight is 361 g/mol. The highest BCUT2D eigenvalue weighted by molar-refractivity contribution is 5.89. The van der Waals surface area contributed by atoms with E-state index in [1.54, 1.807) is 0 Å². The quantitative estimate of drug-likeness (QED) is 0.239. The number of rotatable bonds is 15. The summed E-state index contributed by atoms with van der Waals surface area (Å²) in [6, 6.07) is 7.68. The van der Waals surface area contributed by atoms with Crippen molar-refractivity contribution in [1.29, 1.82) is 0 Å². The van der Waals surface area contributed by atoms with Crippen molar-refractivity contribution in [3.05, 3.63) is 35.4 Å². The molecule has 0 radical (unpaired) electrons. The lowest BCUT2D eigenvalue weighted by Gasteiger charge is -2.17. The molecule has 1 aromatic carbocycles. The zero-order chi connectivity index (χ0) is 19.0. The van der Waals surface area contributed by atoms with Gasteiger partial charge in [0.25, 0.3) is 0 Å². The molecule has 0 saturated heterocycles. The van der Waals surface area contributed by atoms with Crippen molar-refractivity contribution in [2.75, 3.05) is 6.61 Å². The molecular formula is C24H40O2. The van der Waals surface area contributed by atoms with Crippen LogP contribution in [0.4, 0.5) is 0 Å². The normalized spacial score (nSPS) is 12.1. The fraction of sp³-hybridized carbons (Fsp3) is 0.708. The van der Waals surface area contributed by atoms with E-state index in [9.17, 15) is 4.79 Å². The van der Waals surface area contributed by atoms with Crippen LogP contribution in [0.25, 0.3) is 0 Å². The van der Waals surface area contributed by atoms with E-state index in [0.29, 0.717) is 18.1 Å². The first-order valence-corrected chi connectivity index (χ1v) is 10.9. The van der Waals surface area contributed by atoms with Gasteiger partial charge in [-0.2, -0.15) is 0 Å². The Bertz CT molecular complexity index is 481. The largest absolute Gasteiger partial charge is 0.462 e. The molecular weight excluding hydrogens is 320 g/mol. The third kappa shape index (κ3) is 10.6. The zero-order valence-electron chi connectivity index (χ0n) is 17.4. The van der Waals surface area contributed by atoms with Crippen LogP contribution < -0.4 is 0 Å². The molecule has 0 aliphatic rings. The van der Waals surface area contributed by atoms with E-state index in [2.05, 4.69) is 13.8 Å². The van der Waals surface area contributed by atoms with Gasteiger partial charge in [0.1, 0.15) is 0 Å². The summed E-state index contributed by atoms with van der Waals surface area (Å²) >= 11 is 0. The molecule has 0 aromatic heterocycles. The Hall–Kier alpha value is -1.31. The van der Waals surface area contributed by atoms with Crippen molar-refractivity contribution >= 4 is 5.97 Å².